The lowest BCUT2D eigenvalue weighted by atomic mass is 10.1. The average molecular weight is 293 g/mol. The lowest BCUT2D eigenvalue weighted by Crippen LogP contribution is -1.97. The Morgan fingerprint density at radius 1 is 1.23 bits per heavy atom. The second-order valence-corrected chi connectivity index (χ2v) is 4.68. The first-order valence-corrected chi connectivity index (χ1v) is 6.60. The van der Waals surface area contributed by atoms with Gasteiger partial charge in [0.25, 0.3) is 0 Å². The standard InChI is InChI=1S/C17H12FN3O/c1-22-14-5-6-16-15(8-14)17(11(9-19)10-20-16)21-13-4-2-3-12(18)7-13/h2-8,10H,1H3,(H,20,21). The van der Waals surface area contributed by atoms with Gasteiger partial charge < -0.3 is 10.1 Å². The number of hydrogen-bond donors (Lipinski definition) is 1. The van der Waals surface area contributed by atoms with Crippen LogP contribution in [0.4, 0.5) is 15.8 Å². The van der Waals surface area contributed by atoms with Gasteiger partial charge >= 0.3 is 0 Å². The number of hydrogen-bond acceptors (Lipinski definition) is 4. The summed E-state index contributed by atoms with van der Waals surface area (Å²) in [5, 5.41) is 13.1. The number of ether oxygens (including phenoxy) is 1. The molecular formula is C17H12FN3O. The summed E-state index contributed by atoms with van der Waals surface area (Å²) in [5.74, 6) is 0.311. The number of aromatic nitrogens is 1. The molecule has 3 aromatic rings. The number of nitrogens with one attached hydrogen (secondary N) is 1. The van der Waals surface area contributed by atoms with E-state index < -0.39 is 0 Å². The van der Waals surface area contributed by atoms with Gasteiger partial charge in [0, 0.05) is 17.3 Å². The van der Waals surface area contributed by atoms with Crippen LogP contribution in [0.1, 0.15) is 5.56 Å². The smallest absolute Gasteiger partial charge is 0.125 e. The third-order valence-electron chi connectivity index (χ3n) is 3.29. The highest BCUT2D eigenvalue weighted by Gasteiger charge is 2.10. The second kappa shape index (κ2) is 5.70. The van der Waals surface area contributed by atoms with Gasteiger partial charge in [-0.05, 0) is 36.4 Å². The van der Waals surface area contributed by atoms with E-state index in [1.165, 1.54) is 18.3 Å². The summed E-state index contributed by atoms with van der Waals surface area (Å²) in [4.78, 5) is 4.26. The molecule has 0 aliphatic carbocycles. The van der Waals surface area contributed by atoms with Crippen molar-refractivity contribution in [2.24, 2.45) is 0 Å². The van der Waals surface area contributed by atoms with Crippen LogP contribution >= 0.6 is 0 Å². The summed E-state index contributed by atoms with van der Waals surface area (Å²) in [6.45, 7) is 0. The Bertz CT molecular complexity index is 887. The van der Waals surface area contributed by atoms with Crippen LogP contribution < -0.4 is 10.1 Å². The molecule has 0 bridgehead atoms. The van der Waals surface area contributed by atoms with Crippen LogP contribution in [-0.4, -0.2) is 12.1 Å². The van der Waals surface area contributed by atoms with E-state index in [0.29, 0.717) is 22.7 Å². The highest BCUT2D eigenvalue weighted by Crippen LogP contribution is 2.31. The molecule has 1 N–H and O–H groups in total. The summed E-state index contributed by atoms with van der Waals surface area (Å²) < 4.78 is 18.6. The molecule has 108 valence electrons. The molecule has 1 aromatic heterocycles. The molecule has 0 aliphatic rings. The minimum Gasteiger partial charge on any atom is -0.497 e. The molecule has 0 fully saturated rings. The van der Waals surface area contributed by atoms with Crippen LogP contribution in [0.3, 0.4) is 0 Å². The van der Waals surface area contributed by atoms with E-state index in [-0.39, 0.29) is 5.82 Å². The van der Waals surface area contributed by atoms with Gasteiger partial charge in [0.2, 0.25) is 0 Å². The van der Waals surface area contributed by atoms with Gasteiger partial charge in [0.05, 0.1) is 23.9 Å². The van der Waals surface area contributed by atoms with Gasteiger partial charge in [-0.3, -0.25) is 4.98 Å². The maximum Gasteiger partial charge on any atom is 0.125 e. The first-order valence-electron chi connectivity index (χ1n) is 6.60. The fourth-order valence-corrected chi connectivity index (χ4v) is 2.23. The van der Waals surface area contributed by atoms with Crippen molar-refractivity contribution in [1.82, 2.24) is 4.98 Å². The predicted molar refractivity (Wildman–Crippen MR) is 82.7 cm³/mol. The van der Waals surface area contributed by atoms with Crippen LogP contribution in [0.2, 0.25) is 0 Å². The first-order chi connectivity index (χ1) is 10.7. The van der Waals surface area contributed by atoms with Crippen molar-refractivity contribution in [2.45, 2.75) is 0 Å². The van der Waals surface area contributed by atoms with E-state index in [2.05, 4.69) is 16.4 Å². The topological polar surface area (TPSA) is 57.9 Å². The predicted octanol–water partition coefficient (Wildman–Crippen LogP) is 4.00. The third kappa shape index (κ3) is 2.54. The molecule has 2 aromatic carbocycles. The summed E-state index contributed by atoms with van der Waals surface area (Å²) in [6, 6.07) is 13.6. The van der Waals surface area contributed by atoms with Gasteiger partial charge in [-0.25, -0.2) is 4.39 Å². The van der Waals surface area contributed by atoms with Gasteiger partial charge in [-0.2, -0.15) is 5.26 Å². The number of anilines is 2. The van der Waals surface area contributed by atoms with Crippen LogP contribution in [0.25, 0.3) is 10.9 Å². The molecule has 0 saturated heterocycles. The van der Waals surface area contributed by atoms with E-state index in [0.717, 1.165) is 10.9 Å². The lowest BCUT2D eigenvalue weighted by molar-refractivity contribution is 0.415. The molecule has 0 saturated carbocycles. The van der Waals surface area contributed by atoms with Crippen molar-refractivity contribution in [2.75, 3.05) is 12.4 Å². The zero-order valence-electron chi connectivity index (χ0n) is 11.8. The minimum atomic E-state index is -0.348. The summed E-state index contributed by atoms with van der Waals surface area (Å²) in [5.41, 5.74) is 2.24. The normalized spacial score (nSPS) is 10.2. The van der Waals surface area contributed by atoms with E-state index in [9.17, 15) is 9.65 Å². The van der Waals surface area contributed by atoms with Crippen molar-refractivity contribution in [3.8, 4) is 11.8 Å². The van der Waals surface area contributed by atoms with Gasteiger partial charge in [-0.15, -0.1) is 0 Å². The van der Waals surface area contributed by atoms with E-state index >= 15 is 0 Å². The van der Waals surface area contributed by atoms with Crippen molar-refractivity contribution in [1.29, 1.82) is 5.26 Å². The number of halogens is 1. The van der Waals surface area contributed by atoms with Gasteiger partial charge in [0.1, 0.15) is 17.6 Å². The molecule has 0 spiro atoms. The summed E-state index contributed by atoms with van der Waals surface area (Å²) in [6.07, 6.45) is 1.50. The first kappa shape index (κ1) is 13.8. The lowest BCUT2D eigenvalue weighted by Gasteiger charge is -2.12. The van der Waals surface area contributed by atoms with Crippen LogP contribution in [-0.2, 0) is 0 Å². The molecular weight excluding hydrogens is 281 g/mol. The third-order valence-corrected chi connectivity index (χ3v) is 3.29. The Morgan fingerprint density at radius 3 is 2.82 bits per heavy atom. The molecule has 5 heteroatoms. The number of nitrogens with zero attached hydrogens (tertiary/aromatic N) is 2. The fourth-order valence-electron chi connectivity index (χ4n) is 2.23. The maximum atomic E-state index is 13.3. The maximum absolute atomic E-state index is 13.3. The molecule has 4 nitrogen and oxygen atoms in total. The Kier molecular flexibility index (Phi) is 3.58. The van der Waals surface area contributed by atoms with Crippen molar-refractivity contribution >= 4 is 22.3 Å². The van der Waals surface area contributed by atoms with Gasteiger partial charge in [-0.1, -0.05) is 6.07 Å². The zero-order valence-corrected chi connectivity index (χ0v) is 11.8. The Morgan fingerprint density at radius 2 is 2.09 bits per heavy atom. The largest absolute Gasteiger partial charge is 0.497 e. The SMILES string of the molecule is COc1ccc2ncc(C#N)c(Nc3cccc(F)c3)c2c1. The quantitative estimate of drug-likeness (QED) is 0.793. The molecule has 0 radical (unpaired) electrons. The number of fused-ring (bicyclic) bond motifs is 1. The fraction of sp³-hybridized carbons (Fsp3) is 0.0588. The molecule has 3 rings (SSSR count). The van der Waals surface area contributed by atoms with Crippen LogP contribution in [0.15, 0.2) is 48.7 Å². The summed E-state index contributed by atoms with van der Waals surface area (Å²) >= 11 is 0. The van der Waals surface area contributed by atoms with Gasteiger partial charge in [0.15, 0.2) is 0 Å². The minimum absolute atomic E-state index is 0.348. The van der Waals surface area contributed by atoms with Crippen molar-refractivity contribution < 1.29 is 9.13 Å². The average Bonchev–Trinajstić information content (AvgIpc) is 2.55. The monoisotopic (exact) mass is 293 g/mol. The zero-order chi connectivity index (χ0) is 15.5. The highest BCUT2D eigenvalue weighted by atomic mass is 19.1. The molecule has 1 heterocycles. The van der Waals surface area contributed by atoms with E-state index in [1.54, 1.807) is 31.4 Å². The Hall–Kier alpha value is -3.13. The van der Waals surface area contributed by atoms with Crippen LogP contribution in [0, 0.1) is 17.1 Å². The molecule has 0 atom stereocenters. The number of benzene rings is 2. The molecule has 0 aliphatic heterocycles. The van der Waals surface area contributed by atoms with Crippen molar-refractivity contribution in [3.63, 3.8) is 0 Å². The number of pyridine rings is 1. The highest BCUT2D eigenvalue weighted by molar-refractivity contribution is 5.96. The van der Waals surface area contributed by atoms with Crippen molar-refractivity contribution in [3.05, 3.63) is 60.0 Å². The molecule has 22 heavy (non-hydrogen) atoms. The number of nitriles is 1. The molecule has 0 amide bonds. The second-order valence-electron chi connectivity index (χ2n) is 4.68. The molecule has 0 unspecified atom stereocenters. The number of rotatable bonds is 3. The summed E-state index contributed by atoms with van der Waals surface area (Å²) in [7, 11) is 1.57. The Labute approximate surface area is 126 Å². The Balaban J connectivity index is 2.19. The van der Waals surface area contributed by atoms with Crippen LogP contribution in [0.5, 0.6) is 5.75 Å². The number of methoxy groups -OCH3 is 1. The van der Waals surface area contributed by atoms with E-state index in [4.69, 9.17) is 4.74 Å². The van der Waals surface area contributed by atoms with E-state index in [1.807, 2.05) is 6.07 Å².